The fraction of sp³-hybridized carbons (Fsp3) is 0.435. The SMILES string of the molecule is COC(=O)CCCCCO[C@@H]1CN(C(=O)OCc2ccccc2)C[C@H]1O[C@@H]1O[C@@H](C)[C@@H](OCc2ccccc2)[C@@H](OCc2ccccc2)[C@@H]1OCc1ccccc1. The number of likely N-dealkylation sites (tertiary alicyclic amines) is 1. The van der Waals surface area contributed by atoms with Crippen LogP contribution < -0.4 is 0 Å². The normalized spacial score (nSPS) is 23.3. The Bertz CT molecular complexity index is 1750. The standard InChI is InChI=1S/C46H55NO10/c1-34-42(52-30-35-18-8-3-9-19-35)43(53-31-36-20-10-4-11-21-36)44(54-32-37-22-12-5-13-23-37)45(56-34)57-40-29-47(46(49)55-33-38-24-14-6-15-25-38)28-39(40)51-27-17-7-16-26-41(48)50-2/h3-6,8-15,18-25,34,39-40,42-45H,7,16-17,26-33H2,1-2H3/t34-,39+,40+,42+,43+,44-,45-/m0/s1. The van der Waals surface area contributed by atoms with Gasteiger partial charge >= 0.3 is 12.1 Å². The summed E-state index contributed by atoms with van der Waals surface area (Å²) in [6, 6.07) is 39.5. The molecule has 0 aromatic heterocycles. The van der Waals surface area contributed by atoms with Gasteiger partial charge in [0, 0.05) is 13.0 Å². The lowest BCUT2D eigenvalue weighted by atomic mass is 9.98. The van der Waals surface area contributed by atoms with Gasteiger partial charge in [-0.05, 0) is 42.0 Å². The van der Waals surface area contributed by atoms with Gasteiger partial charge in [0.25, 0.3) is 0 Å². The maximum atomic E-state index is 13.4. The quantitative estimate of drug-likeness (QED) is 0.0656. The molecule has 0 N–H and O–H groups in total. The van der Waals surface area contributed by atoms with Crippen LogP contribution >= 0.6 is 0 Å². The van der Waals surface area contributed by atoms with Crippen molar-refractivity contribution in [2.24, 2.45) is 0 Å². The van der Waals surface area contributed by atoms with Crippen LogP contribution in [0, 0.1) is 0 Å². The number of hydrogen-bond donors (Lipinski definition) is 0. The van der Waals surface area contributed by atoms with Crippen molar-refractivity contribution in [3.05, 3.63) is 144 Å². The molecule has 304 valence electrons. The maximum absolute atomic E-state index is 13.4. The first-order chi connectivity index (χ1) is 28.0. The number of carbonyl (C=O) groups excluding carboxylic acids is 2. The highest BCUT2D eigenvalue weighted by Crippen LogP contribution is 2.33. The highest BCUT2D eigenvalue weighted by molar-refractivity contribution is 5.69. The molecule has 1 amide bonds. The molecule has 0 radical (unpaired) electrons. The molecular weight excluding hydrogens is 727 g/mol. The second-order valence-corrected chi connectivity index (χ2v) is 14.4. The molecule has 2 fully saturated rings. The Morgan fingerprint density at radius 1 is 0.596 bits per heavy atom. The summed E-state index contributed by atoms with van der Waals surface area (Å²) in [5.74, 6) is -0.227. The molecule has 0 unspecified atom stereocenters. The zero-order valence-electron chi connectivity index (χ0n) is 32.9. The minimum atomic E-state index is -0.891. The average Bonchev–Trinajstić information content (AvgIpc) is 3.66. The van der Waals surface area contributed by atoms with Gasteiger partial charge in [0.15, 0.2) is 6.29 Å². The minimum absolute atomic E-state index is 0.150. The summed E-state index contributed by atoms with van der Waals surface area (Å²) >= 11 is 0. The van der Waals surface area contributed by atoms with Crippen molar-refractivity contribution in [2.75, 3.05) is 26.8 Å². The first kappa shape index (κ1) is 42.0. The lowest BCUT2D eigenvalue weighted by molar-refractivity contribution is -0.331. The molecule has 6 rings (SSSR count). The van der Waals surface area contributed by atoms with E-state index >= 15 is 0 Å². The van der Waals surface area contributed by atoms with Crippen molar-refractivity contribution in [3.63, 3.8) is 0 Å². The zero-order chi connectivity index (χ0) is 39.7. The number of rotatable bonds is 20. The monoisotopic (exact) mass is 781 g/mol. The fourth-order valence-corrected chi connectivity index (χ4v) is 7.03. The highest BCUT2D eigenvalue weighted by atomic mass is 16.7. The van der Waals surface area contributed by atoms with E-state index in [0.29, 0.717) is 32.7 Å². The molecule has 2 aliphatic heterocycles. The summed E-state index contributed by atoms with van der Waals surface area (Å²) in [6.07, 6.45) is -2.06. The van der Waals surface area contributed by atoms with Gasteiger partial charge in [-0.25, -0.2) is 4.79 Å². The molecule has 7 atom stereocenters. The molecule has 0 bridgehead atoms. The van der Waals surface area contributed by atoms with Crippen molar-refractivity contribution >= 4 is 12.1 Å². The maximum Gasteiger partial charge on any atom is 0.410 e. The Morgan fingerprint density at radius 2 is 1.09 bits per heavy atom. The highest BCUT2D eigenvalue weighted by Gasteiger charge is 2.50. The number of hydrogen-bond acceptors (Lipinski definition) is 10. The van der Waals surface area contributed by atoms with E-state index in [1.807, 2.05) is 128 Å². The molecule has 11 heteroatoms. The van der Waals surface area contributed by atoms with Crippen LogP contribution in [-0.2, 0) is 69.1 Å². The third-order valence-corrected chi connectivity index (χ3v) is 10.2. The molecule has 2 aliphatic rings. The van der Waals surface area contributed by atoms with E-state index in [2.05, 4.69) is 0 Å². The number of esters is 1. The van der Waals surface area contributed by atoms with E-state index < -0.39 is 49.0 Å². The Balaban J connectivity index is 1.21. The van der Waals surface area contributed by atoms with E-state index in [9.17, 15) is 9.59 Å². The Morgan fingerprint density at radius 3 is 1.63 bits per heavy atom. The van der Waals surface area contributed by atoms with Crippen LogP contribution in [0.15, 0.2) is 121 Å². The molecule has 4 aromatic carbocycles. The summed E-state index contributed by atoms with van der Waals surface area (Å²) in [6.45, 7) is 4.01. The van der Waals surface area contributed by atoms with E-state index in [1.165, 1.54) is 7.11 Å². The lowest BCUT2D eigenvalue weighted by Gasteiger charge is -2.45. The molecule has 11 nitrogen and oxygen atoms in total. The van der Waals surface area contributed by atoms with Gasteiger partial charge in [-0.1, -0.05) is 128 Å². The number of amides is 1. The van der Waals surface area contributed by atoms with E-state index in [-0.39, 0.29) is 32.3 Å². The van der Waals surface area contributed by atoms with Gasteiger partial charge in [0.05, 0.1) is 46.1 Å². The first-order valence-electron chi connectivity index (χ1n) is 19.9. The topological polar surface area (TPSA) is 111 Å². The van der Waals surface area contributed by atoms with Crippen LogP contribution in [0.1, 0.15) is 54.9 Å². The average molecular weight is 782 g/mol. The predicted molar refractivity (Wildman–Crippen MR) is 213 cm³/mol. The minimum Gasteiger partial charge on any atom is -0.469 e. The second-order valence-electron chi connectivity index (χ2n) is 14.4. The molecule has 2 heterocycles. The summed E-state index contributed by atoms with van der Waals surface area (Å²) in [5, 5.41) is 0. The van der Waals surface area contributed by atoms with Crippen LogP contribution in [-0.4, -0.2) is 86.7 Å². The predicted octanol–water partition coefficient (Wildman–Crippen LogP) is 7.64. The lowest BCUT2D eigenvalue weighted by Crippen LogP contribution is -2.61. The van der Waals surface area contributed by atoms with Crippen LogP contribution in [0.5, 0.6) is 0 Å². The summed E-state index contributed by atoms with van der Waals surface area (Å²) < 4.78 is 50.6. The molecule has 0 aliphatic carbocycles. The van der Waals surface area contributed by atoms with Crippen LogP contribution in [0.3, 0.4) is 0 Å². The summed E-state index contributed by atoms with van der Waals surface area (Å²) in [4.78, 5) is 26.7. The second kappa shape index (κ2) is 22.4. The largest absolute Gasteiger partial charge is 0.469 e. The number of ether oxygens (including phenoxy) is 8. The first-order valence-corrected chi connectivity index (χ1v) is 19.9. The Hall–Kier alpha value is -4.62. The van der Waals surface area contributed by atoms with Crippen molar-refractivity contribution in [2.45, 2.75) is 102 Å². The number of methoxy groups -OCH3 is 1. The Labute approximate surface area is 336 Å². The molecule has 0 spiro atoms. The molecule has 4 aromatic rings. The van der Waals surface area contributed by atoms with Crippen LogP contribution in [0.4, 0.5) is 4.79 Å². The van der Waals surface area contributed by atoms with E-state index in [4.69, 9.17) is 37.9 Å². The molecule has 57 heavy (non-hydrogen) atoms. The number of carbonyl (C=O) groups is 2. The smallest absolute Gasteiger partial charge is 0.410 e. The van der Waals surface area contributed by atoms with Gasteiger partial charge in [-0.3, -0.25) is 4.79 Å². The van der Waals surface area contributed by atoms with Gasteiger partial charge in [-0.2, -0.15) is 0 Å². The van der Waals surface area contributed by atoms with E-state index in [1.54, 1.807) is 4.90 Å². The van der Waals surface area contributed by atoms with Crippen molar-refractivity contribution in [1.82, 2.24) is 4.90 Å². The van der Waals surface area contributed by atoms with Crippen molar-refractivity contribution in [3.8, 4) is 0 Å². The van der Waals surface area contributed by atoms with Crippen molar-refractivity contribution < 1.29 is 47.5 Å². The van der Waals surface area contributed by atoms with Gasteiger partial charge in [0.1, 0.15) is 37.1 Å². The zero-order valence-corrected chi connectivity index (χ0v) is 32.9. The molecule has 2 saturated heterocycles. The molecular formula is C46H55NO10. The number of unbranched alkanes of at least 4 members (excludes halogenated alkanes) is 2. The van der Waals surface area contributed by atoms with Crippen molar-refractivity contribution in [1.29, 1.82) is 0 Å². The summed E-state index contributed by atoms with van der Waals surface area (Å²) in [7, 11) is 1.39. The number of benzene rings is 4. The van der Waals surface area contributed by atoms with E-state index in [0.717, 1.165) is 35.1 Å². The third-order valence-electron chi connectivity index (χ3n) is 10.2. The van der Waals surface area contributed by atoms with Crippen LogP contribution in [0.25, 0.3) is 0 Å². The molecule has 0 saturated carbocycles. The van der Waals surface area contributed by atoms with Gasteiger partial charge in [-0.15, -0.1) is 0 Å². The van der Waals surface area contributed by atoms with Crippen LogP contribution in [0.2, 0.25) is 0 Å². The summed E-state index contributed by atoms with van der Waals surface area (Å²) in [5.41, 5.74) is 3.92. The number of nitrogens with zero attached hydrogens (tertiary/aromatic N) is 1. The van der Waals surface area contributed by atoms with Gasteiger partial charge in [0.2, 0.25) is 0 Å². The Kier molecular flexibility index (Phi) is 16.5. The van der Waals surface area contributed by atoms with Gasteiger partial charge < -0.3 is 42.8 Å². The fourth-order valence-electron chi connectivity index (χ4n) is 7.03. The third kappa shape index (κ3) is 12.9.